The summed E-state index contributed by atoms with van der Waals surface area (Å²) in [5.41, 5.74) is 1.67. The van der Waals surface area contributed by atoms with E-state index >= 15 is 0 Å². The van der Waals surface area contributed by atoms with E-state index in [1.54, 1.807) is 30.3 Å². The maximum absolute atomic E-state index is 13.1. The molecular formula is C22H21ClN2O3S. The van der Waals surface area contributed by atoms with Crippen molar-refractivity contribution in [1.29, 1.82) is 0 Å². The number of sulfonamides is 1. The highest BCUT2D eigenvalue weighted by atomic mass is 35.5. The van der Waals surface area contributed by atoms with Crippen molar-refractivity contribution in [3.8, 4) is 0 Å². The van der Waals surface area contributed by atoms with Crippen LogP contribution in [0.1, 0.15) is 28.9 Å². The fourth-order valence-electron chi connectivity index (χ4n) is 2.87. The number of carbonyl (C=O) groups excluding carboxylic acids is 1. The van der Waals surface area contributed by atoms with Crippen LogP contribution in [-0.4, -0.2) is 21.4 Å². The molecule has 0 aliphatic rings. The number of carbonyl (C=O) groups is 1. The lowest BCUT2D eigenvalue weighted by Crippen LogP contribution is -2.29. The van der Waals surface area contributed by atoms with Crippen LogP contribution in [0.3, 0.4) is 0 Å². The minimum absolute atomic E-state index is 0.0560. The molecule has 0 heterocycles. The zero-order valence-corrected chi connectivity index (χ0v) is 17.6. The summed E-state index contributed by atoms with van der Waals surface area (Å²) >= 11 is 6.18. The van der Waals surface area contributed by atoms with Gasteiger partial charge in [0.2, 0.25) is 0 Å². The van der Waals surface area contributed by atoms with Crippen LogP contribution in [0, 0.1) is 0 Å². The Morgan fingerprint density at radius 2 is 1.55 bits per heavy atom. The van der Waals surface area contributed by atoms with Crippen molar-refractivity contribution in [3.63, 3.8) is 0 Å². The van der Waals surface area contributed by atoms with E-state index in [1.165, 1.54) is 25.2 Å². The van der Waals surface area contributed by atoms with Crippen LogP contribution in [0.5, 0.6) is 0 Å². The number of amides is 1. The number of anilines is 1. The van der Waals surface area contributed by atoms with Crippen LogP contribution < -0.4 is 9.62 Å². The third-order valence-electron chi connectivity index (χ3n) is 4.60. The van der Waals surface area contributed by atoms with Crippen LogP contribution in [0.25, 0.3) is 0 Å². The largest absolute Gasteiger partial charge is 0.346 e. The summed E-state index contributed by atoms with van der Waals surface area (Å²) in [5, 5.41) is 2.94. The molecule has 0 unspecified atom stereocenters. The quantitative estimate of drug-likeness (QED) is 0.621. The minimum atomic E-state index is -3.94. The van der Waals surface area contributed by atoms with E-state index < -0.39 is 10.0 Å². The van der Waals surface area contributed by atoms with Crippen molar-refractivity contribution < 1.29 is 13.2 Å². The highest BCUT2D eigenvalue weighted by molar-refractivity contribution is 7.93. The van der Waals surface area contributed by atoms with Gasteiger partial charge in [0.25, 0.3) is 15.9 Å². The van der Waals surface area contributed by atoms with Crippen molar-refractivity contribution in [2.45, 2.75) is 17.9 Å². The Balaban J connectivity index is 1.88. The molecular weight excluding hydrogens is 408 g/mol. The summed E-state index contributed by atoms with van der Waals surface area (Å²) in [6.07, 6.45) is 0. The van der Waals surface area contributed by atoms with Crippen molar-refractivity contribution >= 4 is 33.2 Å². The van der Waals surface area contributed by atoms with Gasteiger partial charge in [0.1, 0.15) is 4.90 Å². The molecule has 1 amide bonds. The first-order valence-electron chi connectivity index (χ1n) is 9.00. The van der Waals surface area contributed by atoms with Crippen molar-refractivity contribution in [2.75, 3.05) is 11.4 Å². The molecule has 1 N–H and O–H groups in total. The predicted octanol–water partition coefficient (Wildman–Crippen LogP) is 4.66. The number of halogens is 1. The lowest BCUT2D eigenvalue weighted by molar-refractivity contribution is 0.0939. The highest BCUT2D eigenvalue weighted by Gasteiger charge is 2.25. The fraction of sp³-hybridized carbons (Fsp3) is 0.136. The number of rotatable bonds is 6. The van der Waals surface area contributed by atoms with E-state index in [0.29, 0.717) is 5.69 Å². The van der Waals surface area contributed by atoms with E-state index in [9.17, 15) is 13.2 Å². The Morgan fingerprint density at radius 1 is 0.966 bits per heavy atom. The number of benzene rings is 3. The second kappa shape index (κ2) is 8.68. The van der Waals surface area contributed by atoms with Gasteiger partial charge >= 0.3 is 0 Å². The minimum Gasteiger partial charge on any atom is -0.346 e. The molecule has 3 aromatic carbocycles. The monoisotopic (exact) mass is 428 g/mol. The normalized spacial score (nSPS) is 12.2. The predicted molar refractivity (Wildman–Crippen MR) is 116 cm³/mol. The Morgan fingerprint density at radius 3 is 2.17 bits per heavy atom. The lowest BCUT2D eigenvalue weighted by atomic mass is 10.1. The van der Waals surface area contributed by atoms with Crippen molar-refractivity contribution in [3.05, 3.63) is 95.0 Å². The van der Waals surface area contributed by atoms with Gasteiger partial charge in [-0.1, -0.05) is 60.1 Å². The molecule has 150 valence electrons. The fourth-order valence-corrected chi connectivity index (χ4v) is 4.57. The number of nitrogens with one attached hydrogen (secondary N) is 1. The van der Waals surface area contributed by atoms with Gasteiger partial charge in [-0.05, 0) is 42.8 Å². The smallest absolute Gasteiger partial charge is 0.265 e. The van der Waals surface area contributed by atoms with Crippen molar-refractivity contribution in [2.24, 2.45) is 0 Å². The van der Waals surface area contributed by atoms with Crippen LogP contribution in [-0.2, 0) is 10.0 Å². The lowest BCUT2D eigenvalue weighted by Gasteiger charge is -2.21. The van der Waals surface area contributed by atoms with Crippen LogP contribution in [0.2, 0.25) is 5.02 Å². The number of hydrogen-bond acceptors (Lipinski definition) is 3. The average molecular weight is 429 g/mol. The highest BCUT2D eigenvalue weighted by Crippen LogP contribution is 2.28. The SMILES string of the molecule is C[C@@H](NC(=O)c1ccc(Cl)c(S(=O)(=O)N(C)c2ccccc2)c1)c1ccccc1. The Hall–Kier alpha value is -2.83. The van der Waals surface area contributed by atoms with E-state index in [2.05, 4.69) is 5.32 Å². The summed E-state index contributed by atoms with van der Waals surface area (Å²) in [6, 6.07) is 22.2. The molecule has 0 spiro atoms. The number of nitrogens with zero attached hydrogens (tertiary/aromatic N) is 1. The molecule has 0 aliphatic carbocycles. The zero-order valence-electron chi connectivity index (χ0n) is 16.0. The van der Waals surface area contributed by atoms with Gasteiger partial charge in [0.05, 0.1) is 16.8 Å². The Bertz CT molecular complexity index is 1100. The third-order valence-corrected chi connectivity index (χ3v) is 6.87. The summed E-state index contributed by atoms with van der Waals surface area (Å²) in [5.74, 6) is -0.378. The molecule has 3 aromatic rings. The zero-order chi connectivity index (χ0) is 21.0. The standard InChI is InChI=1S/C22H21ClN2O3S/c1-16(17-9-5-3-6-10-17)24-22(26)18-13-14-20(23)21(15-18)29(27,28)25(2)19-11-7-4-8-12-19/h3-16H,1-2H3,(H,24,26)/t16-/m1/s1. The van der Waals surface area contributed by atoms with Gasteiger partial charge in [-0.15, -0.1) is 0 Å². The van der Waals surface area contributed by atoms with Gasteiger partial charge in [-0.25, -0.2) is 8.42 Å². The molecule has 3 rings (SSSR count). The van der Waals surface area contributed by atoms with Crippen LogP contribution in [0.4, 0.5) is 5.69 Å². The van der Waals surface area contributed by atoms with Crippen molar-refractivity contribution in [1.82, 2.24) is 5.32 Å². The van der Waals surface area contributed by atoms with Crippen LogP contribution in [0.15, 0.2) is 83.8 Å². The van der Waals surface area contributed by atoms with Gasteiger partial charge < -0.3 is 5.32 Å². The molecule has 0 aliphatic heterocycles. The van der Waals surface area contributed by atoms with Gasteiger partial charge in [0.15, 0.2) is 0 Å². The average Bonchev–Trinajstić information content (AvgIpc) is 2.74. The Kier molecular flexibility index (Phi) is 6.25. The molecule has 0 saturated heterocycles. The maximum Gasteiger partial charge on any atom is 0.265 e. The first-order valence-corrected chi connectivity index (χ1v) is 10.8. The van der Waals surface area contributed by atoms with Crippen LogP contribution >= 0.6 is 11.6 Å². The first kappa shape index (κ1) is 20.9. The molecule has 29 heavy (non-hydrogen) atoms. The molecule has 5 nitrogen and oxygen atoms in total. The Labute approximate surface area is 176 Å². The summed E-state index contributed by atoms with van der Waals surface area (Å²) < 4.78 is 27.3. The second-order valence-corrected chi connectivity index (χ2v) is 8.90. The van der Waals surface area contributed by atoms with Gasteiger partial charge in [0, 0.05) is 12.6 Å². The molecule has 0 radical (unpaired) electrons. The third kappa shape index (κ3) is 4.60. The number of para-hydroxylation sites is 1. The van der Waals surface area contributed by atoms with E-state index in [1.807, 2.05) is 37.3 Å². The molecule has 0 saturated carbocycles. The van der Waals surface area contributed by atoms with E-state index in [0.717, 1.165) is 9.87 Å². The van der Waals surface area contributed by atoms with E-state index in [4.69, 9.17) is 11.6 Å². The summed E-state index contributed by atoms with van der Waals surface area (Å²) in [4.78, 5) is 12.6. The number of hydrogen-bond donors (Lipinski definition) is 1. The van der Waals surface area contributed by atoms with E-state index in [-0.39, 0.29) is 27.4 Å². The maximum atomic E-state index is 13.1. The van der Waals surface area contributed by atoms with Gasteiger partial charge in [-0.3, -0.25) is 9.10 Å². The molecule has 7 heteroatoms. The summed E-state index contributed by atoms with van der Waals surface area (Å²) in [7, 11) is -2.49. The molecule has 1 atom stereocenters. The second-order valence-electron chi connectivity index (χ2n) is 6.56. The van der Waals surface area contributed by atoms with Gasteiger partial charge in [-0.2, -0.15) is 0 Å². The first-order chi connectivity index (χ1) is 13.8. The summed E-state index contributed by atoms with van der Waals surface area (Å²) in [6.45, 7) is 1.87. The molecule has 0 aromatic heterocycles. The molecule has 0 bridgehead atoms. The topological polar surface area (TPSA) is 66.5 Å². The molecule has 0 fully saturated rings.